The highest BCUT2D eigenvalue weighted by Gasteiger charge is 2.19. The quantitative estimate of drug-likeness (QED) is 0.778. The molecule has 1 saturated heterocycles. The molecule has 17 heavy (non-hydrogen) atoms. The Bertz CT molecular complexity index is 218. The molecule has 1 amide bonds. The number of halogens is 1. The molecule has 1 aliphatic rings. The molecule has 1 rings (SSSR count). The van der Waals surface area contributed by atoms with Crippen molar-refractivity contribution in [2.24, 2.45) is 11.7 Å². The van der Waals surface area contributed by atoms with Crippen molar-refractivity contribution in [2.75, 3.05) is 26.2 Å². The van der Waals surface area contributed by atoms with Gasteiger partial charge in [0.05, 0.1) is 6.54 Å². The van der Waals surface area contributed by atoms with Crippen molar-refractivity contribution in [3.63, 3.8) is 0 Å². The predicted octanol–water partition coefficient (Wildman–Crippen LogP) is 0.994. The standard InChI is InChI=1S/C12H25N3O.ClH/c1-3-10(2)14-12(16)9-15-6-4-11(8-13)5-7-15;/h10-11H,3-9,13H2,1-2H3,(H,14,16);1H. The van der Waals surface area contributed by atoms with Gasteiger partial charge in [-0.05, 0) is 51.7 Å². The maximum Gasteiger partial charge on any atom is 0.234 e. The first kappa shape index (κ1) is 16.7. The van der Waals surface area contributed by atoms with E-state index in [1.54, 1.807) is 0 Å². The Labute approximate surface area is 111 Å². The number of hydrogen-bond acceptors (Lipinski definition) is 3. The summed E-state index contributed by atoms with van der Waals surface area (Å²) >= 11 is 0. The summed E-state index contributed by atoms with van der Waals surface area (Å²) in [6.45, 7) is 7.47. The third kappa shape index (κ3) is 6.24. The summed E-state index contributed by atoms with van der Waals surface area (Å²) in [5.41, 5.74) is 5.64. The first-order valence-corrected chi connectivity index (χ1v) is 6.37. The number of nitrogens with zero attached hydrogens (tertiary/aromatic N) is 1. The van der Waals surface area contributed by atoms with E-state index in [9.17, 15) is 4.79 Å². The fourth-order valence-corrected chi connectivity index (χ4v) is 2.01. The average Bonchev–Trinajstić information content (AvgIpc) is 2.29. The minimum absolute atomic E-state index is 0. The highest BCUT2D eigenvalue weighted by Crippen LogP contribution is 2.15. The van der Waals surface area contributed by atoms with Gasteiger partial charge >= 0.3 is 0 Å². The zero-order chi connectivity index (χ0) is 12.0. The molecule has 0 spiro atoms. The zero-order valence-corrected chi connectivity index (χ0v) is 11.8. The van der Waals surface area contributed by atoms with E-state index in [1.807, 2.05) is 6.92 Å². The van der Waals surface area contributed by atoms with Gasteiger partial charge in [-0.2, -0.15) is 0 Å². The molecule has 1 heterocycles. The molecule has 102 valence electrons. The first-order valence-electron chi connectivity index (χ1n) is 6.37. The van der Waals surface area contributed by atoms with Gasteiger partial charge in [0.2, 0.25) is 5.91 Å². The summed E-state index contributed by atoms with van der Waals surface area (Å²) in [6.07, 6.45) is 3.25. The van der Waals surface area contributed by atoms with Gasteiger partial charge in [0.1, 0.15) is 0 Å². The second-order valence-electron chi connectivity index (χ2n) is 4.83. The summed E-state index contributed by atoms with van der Waals surface area (Å²) in [6, 6.07) is 0.286. The van der Waals surface area contributed by atoms with Crippen LogP contribution >= 0.6 is 12.4 Å². The summed E-state index contributed by atoms with van der Waals surface area (Å²) in [5, 5.41) is 3.00. The lowest BCUT2D eigenvalue weighted by atomic mass is 9.97. The van der Waals surface area contributed by atoms with Crippen molar-refractivity contribution in [3.05, 3.63) is 0 Å². The number of carbonyl (C=O) groups is 1. The van der Waals surface area contributed by atoms with Gasteiger partial charge in [0.25, 0.3) is 0 Å². The molecule has 0 aromatic heterocycles. The Morgan fingerprint density at radius 2 is 2.06 bits per heavy atom. The second kappa shape index (κ2) is 8.72. The average molecular weight is 264 g/mol. The maximum absolute atomic E-state index is 11.7. The van der Waals surface area contributed by atoms with Gasteiger partial charge in [-0.1, -0.05) is 6.92 Å². The molecule has 1 unspecified atom stereocenters. The number of nitrogens with one attached hydrogen (secondary N) is 1. The van der Waals surface area contributed by atoms with Crippen LogP contribution in [0.2, 0.25) is 0 Å². The molecule has 3 N–H and O–H groups in total. The van der Waals surface area contributed by atoms with Crippen LogP contribution in [0.25, 0.3) is 0 Å². The van der Waals surface area contributed by atoms with Crippen molar-refractivity contribution in [1.29, 1.82) is 0 Å². The molecule has 0 saturated carbocycles. The number of carbonyl (C=O) groups excluding carboxylic acids is 1. The predicted molar refractivity (Wildman–Crippen MR) is 73.4 cm³/mol. The molecule has 0 aliphatic carbocycles. The molecule has 4 nitrogen and oxygen atoms in total. The smallest absolute Gasteiger partial charge is 0.234 e. The molecule has 1 aliphatic heterocycles. The van der Waals surface area contributed by atoms with Crippen molar-refractivity contribution < 1.29 is 4.79 Å². The lowest BCUT2D eigenvalue weighted by Crippen LogP contribution is -2.44. The van der Waals surface area contributed by atoms with Crippen LogP contribution < -0.4 is 11.1 Å². The van der Waals surface area contributed by atoms with E-state index in [0.717, 1.165) is 38.9 Å². The number of piperidine rings is 1. The van der Waals surface area contributed by atoms with Gasteiger partial charge in [0.15, 0.2) is 0 Å². The highest BCUT2D eigenvalue weighted by atomic mass is 35.5. The van der Waals surface area contributed by atoms with Crippen molar-refractivity contribution in [1.82, 2.24) is 10.2 Å². The molecule has 1 fully saturated rings. The van der Waals surface area contributed by atoms with E-state index in [4.69, 9.17) is 5.73 Å². The lowest BCUT2D eigenvalue weighted by molar-refractivity contribution is -0.123. The molecule has 0 bridgehead atoms. The number of nitrogens with two attached hydrogens (primary N) is 1. The summed E-state index contributed by atoms with van der Waals surface area (Å²) in [7, 11) is 0. The monoisotopic (exact) mass is 263 g/mol. The summed E-state index contributed by atoms with van der Waals surface area (Å²) < 4.78 is 0. The van der Waals surface area contributed by atoms with Gasteiger partial charge < -0.3 is 11.1 Å². The Morgan fingerprint density at radius 3 is 2.53 bits per heavy atom. The molecule has 1 atom stereocenters. The topological polar surface area (TPSA) is 58.4 Å². The fraction of sp³-hybridized carbons (Fsp3) is 0.917. The normalized spacial score (nSPS) is 19.5. The SMILES string of the molecule is CCC(C)NC(=O)CN1CCC(CN)CC1.Cl. The Kier molecular flexibility index (Phi) is 8.56. The van der Waals surface area contributed by atoms with Crippen LogP contribution in [0.3, 0.4) is 0 Å². The van der Waals surface area contributed by atoms with Gasteiger partial charge in [0, 0.05) is 6.04 Å². The lowest BCUT2D eigenvalue weighted by Gasteiger charge is -2.31. The summed E-state index contributed by atoms with van der Waals surface area (Å²) in [5.74, 6) is 0.814. The fourth-order valence-electron chi connectivity index (χ4n) is 2.01. The minimum Gasteiger partial charge on any atom is -0.353 e. The zero-order valence-electron chi connectivity index (χ0n) is 10.9. The second-order valence-corrected chi connectivity index (χ2v) is 4.83. The highest BCUT2D eigenvalue weighted by molar-refractivity contribution is 5.85. The summed E-state index contributed by atoms with van der Waals surface area (Å²) in [4.78, 5) is 13.9. The third-order valence-corrected chi connectivity index (χ3v) is 3.43. The van der Waals surface area contributed by atoms with Crippen LogP contribution in [0.4, 0.5) is 0 Å². The van der Waals surface area contributed by atoms with Crippen LogP contribution in [-0.4, -0.2) is 43.0 Å². The minimum atomic E-state index is 0. The Balaban J connectivity index is 0.00000256. The largest absolute Gasteiger partial charge is 0.353 e. The van der Waals surface area contributed by atoms with Crippen molar-refractivity contribution in [3.8, 4) is 0 Å². The van der Waals surface area contributed by atoms with E-state index < -0.39 is 0 Å². The van der Waals surface area contributed by atoms with Crippen molar-refractivity contribution in [2.45, 2.75) is 39.2 Å². The van der Waals surface area contributed by atoms with Gasteiger partial charge in [-0.25, -0.2) is 0 Å². The number of rotatable bonds is 5. The van der Waals surface area contributed by atoms with Crippen molar-refractivity contribution >= 4 is 18.3 Å². The van der Waals surface area contributed by atoms with E-state index >= 15 is 0 Å². The Morgan fingerprint density at radius 1 is 1.47 bits per heavy atom. The molecule has 0 radical (unpaired) electrons. The van der Waals surface area contributed by atoms with E-state index in [1.165, 1.54) is 0 Å². The molecule has 5 heteroatoms. The number of likely N-dealkylation sites (tertiary alicyclic amines) is 1. The van der Waals surface area contributed by atoms with Crippen LogP contribution in [0.5, 0.6) is 0 Å². The maximum atomic E-state index is 11.7. The van der Waals surface area contributed by atoms with E-state index in [2.05, 4.69) is 17.1 Å². The molecular weight excluding hydrogens is 238 g/mol. The van der Waals surface area contributed by atoms with Crippen LogP contribution in [0, 0.1) is 5.92 Å². The van der Waals surface area contributed by atoms with Crippen LogP contribution in [0.1, 0.15) is 33.1 Å². The van der Waals surface area contributed by atoms with Gasteiger partial charge in [-0.3, -0.25) is 9.69 Å². The van der Waals surface area contributed by atoms with E-state index in [0.29, 0.717) is 12.5 Å². The molecule has 0 aromatic carbocycles. The molecule has 0 aromatic rings. The van der Waals surface area contributed by atoms with Crippen LogP contribution in [-0.2, 0) is 4.79 Å². The Hall–Kier alpha value is -0.320. The number of hydrogen-bond donors (Lipinski definition) is 2. The number of amides is 1. The first-order chi connectivity index (χ1) is 7.65. The molecular formula is C12H26ClN3O. The van der Waals surface area contributed by atoms with E-state index in [-0.39, 0.29) is 24.4 Å². The van der Waals surface area contributed by atoms with Gasteiger partial charge in [-0.15, -0.1) is 12.4 Å². The van der Waals surface area contributed by atoms with Crippen LogP contribution in [0.15, 0.2) is 0 Å². The third-order valence-electron chi connectivity index (χ3n) is 3.43.